The van der Waals surface area contributed by atoms with E-state index in [1.807, 2.05) is 0 Å². The van der Waals surface area contributed by atoms with Gasteiger partial charge in [0.2, 0.25) is 0 Å². The number of H-pyrrole nitrogens is 2. The first-order valence-corrected chi connectivity index (χ1v) is 9.29. The molecule has 0 unspecified atom stereocenters. The first-order chi connectivity index (χ1) is 14.0. The number of carbonyl (C=O) groups is 1. The highest BCUT2D eigenvalue weighted by Crippen LogP contribution is 2.23. The summed E-state index contributed by atoms with van der Waals surface area (Å²) in [6.45, 7) is 1.05. The minimum atomic E-state index is -0.494. The number of hydrogen-bond acceptors (Lipinski definition) is 5. The van der Waals surface area contributed by atoms with Gasteiger partial charge in [-0.15, -0.1) is 0 Å². The Bertz CT molecular complexity index is 1120. The van der Waals surface area contributed by atoms with Gasteiger partial charge in [0.25, 0.3) is 11.5 Å². The van der Waals surface area contributed by atoms with E-state index < -0.39 is 11.5 Å². The molecule has 0 spiro atoms. The maximum absolute atomic E-state index is 14.1. The number of nitrogens with zero attached hydrogens (tertiary/aromatic N) is 4. The fraction of sp³-hybridized carbons (Fsp3) is 0.316. The fourth-order valence-corrected chi connectivity index (χ4v) is 3.57. The zero-order valence-corrected chi connectivity index (χ0v) is 15.5. The highest BCUT2D eigenvalue weighted by molar-refractivity contribution is 5.92. The lowest BCUT2D eigenvalue weighted by Crippen LogP contribution is -2.39. The van der Waals surface area contributed by atoms with Crippen molar-refractivity contribution in [3.05, 3.63) is 74.6 Å². The minimum Gasteiger partial charge on any atom is -0.337 e. The number of piperidine rings is 1. The van der Waals surface area contributed by atoms with Crippen LogP contribution in [0, 0.1) is 11.7 Å². The van der Waals surface area contributed by atoms with Crippen LogP contribution in [0.5, 0.6) is 0 Å². The average molecular weight is 398 g/mol. The molecule has 2 N–H and O–H groups in total. The lowest BCUT2D eigenvalue weighted by atomic mass is 9.93. The van der Waals surface area contributed by atoms with E-state index in [1.54, 1.807) is 17.0 Å². The highest BCUT2D eigenvalue weighted by atomic mass is 19.1. The maximum Gasteiger partial charge on any atom is 0.348 e. The van der Waals surface area contributed by atoms with Crippen molar-refractivity contribution in [2.75, 3.05) is 13.1 Å². The first-order valence-electron chi connectivity index (χ1n) is 9.29. The molecule has 9 nitrogen and oxygen atoms in total. The van der Waals surface area contributed by atoms with E-state index in [0.29, 0.717) is 38.2 Å². The molecule has 0 bridgehead atoms. The second-order valence-corrected chi connectivity index (χ2v) is 6.98. The zero-order chi connectivity index (χ0) is 20.4. The Morgan fingerprint density at radius 1 is 1.07 bits per heavy atom. The third kappa shape index (κ3) is 3.86. The summed E-state index contributed by atoms with van der Waals surface area (Å²) in [5, 5.41) is 12.5. The van der Waals surface area contributed by atoms with Gasteiger partial charge in [0.15, 0.2) is 0 Å². The molecule has 2 aromatic heterocycles. The summed E-state index contributed by atoms with van der Waals surface area (Å²) in [5.74, 6) is -0.0655. The van der Waals surface area contributed by atoms with Crippen LogP contribution < -0.4 is 11.2 Å². The van der Waals surface area contributed by atoms with Crippen molar-refractivity contribution in [2.24, 2.45) is 5.92 Å². The van der Waals surface area contributed by atoms with Gasteiger partial charge >= 0.3 is 5.69 Å². The highest BCUT2D eigenvalue weighted by Gasteiger charge is 2.26. The van der Waals surface area contributed by atoms with Crippen molar-refractivity contribution in [3.8, 4) is 5.69 Å². The van der Waals surface area contributed by atoms with Crippen LogP contribution in [-0.4, -0.2) is 48.9 Å². The van der Waals surface area contributed by atoms with Gasteiger partial charge < -0.3 is 4.90 Å². The van der Waals surface area contributed by atoms with Crippen LogP contribution in [0.2, 0.25) is 0 Å². The molecule has 1 aliphatic rings. The van der Waals surface area contributed by atoms with Crippen LogP contribution in [0.1, 0.15) is 29.2 Å². The van der Waals surface area contributed by atoms with E-state index in [1.165, 1.54) is 28.8 Å². The Morgan fingerprint density at radius 2 is 1.83 bits per heavy atom. The standard InChI is InChI=1S/C19H19FN6O3/c20-13-3-1-2-4-15(13)26-16(22-24-19(26)29)11-12-7-9-25(10-8-12)18(28)14-5-6-17(27)23-21-14/h1-6,12H,7-11H2,(H,23,27)(H,24,29). The topological polar surface area (TPSA) is 117 Å². The van der Waals surface area contributed by atoms with Crippen LogP contribution in [0.25, 0.3) is 5.69 Å². The van der Waals surface area contributed by atoms with Crippen LogP contribution in [0.4, 0.5) is 4.39 Å². The Morgan fingerprint density at radius 3 is 2.52 bits per heavy atom. The monoisotopic (exact) mass is 398 g/mol. The predicted octanol–water partition coefficient (Wildman–Crippen LogP) is 0.878. The Kier molecular flexibility index (Phi) is 5.07. The van der Waals surface area contributed by atoms with E-state index in [-0.39, 0.29) is 28.8 Å². The second kappa shape index (κ2) is 7.82. The Hall–Kier alpha value is -3.56. The van der Waals surface area contributed by atoms with Crippen molar-refractivity contribution >= 4 is 5.91 Å². The van der Waals surface area contributed by atoms with Crippen molar-refractivity contribution in [3.63, 3.8) is 0 Å². The molecule has 0 saturated carbocycles. The van der Waals surface area contributed by atoms with Gasteiger partial charge in [0, 0.05) is 25.6 Å². The van der Waals surface area contributed by atoms with E-state index in [4.69, 9.17) is 0 Å². The molecule has 0 radical (unpaired) electrons. The third-order valence-electron chi connectivity index (χ3n) is 5.11. The molecule has 3 heterocycles. The quantitative estimate of drug-likeness (QED) is 0.677. The number of amides is 1. The molecule has 1 amide bonds. The number of benzene rings is 1. The number of aromatic amines is 2. The first kappa shape index (κ1) is 18.8. The molecule has 4 rings (SSSR count). The molecule has 150 valence electrons. The zero-order valence-electron chi connectivity index (χ0n) is 15.5. The lowest BCUT2D eigenvalue weighted by molar-refractivity contribution is 0.0682. The molecule has 1 fully saturated rings. The summed E-state index contributed by atoms with van der Waals surface area (Å²) < 4.78 is 15.4. The molecule has 0 aliphatic carbocycles. The minimum absolute atomic E-state index is 0.165. The molecule has 1 aromatic carbocycles. The van der Waals surface area contributed by atoms with Crippen LogP contribution in [0.15, 0.2) is 46.0 Å². The van der Waals surface area contributed by atoms with Crippen molar-refractivity contribution < 1.29 is 9.18 Å². The summed E-state index contributed by atoms with van der Waals surface area (Å²) in [5.41, 5.74) is -0.483. The molecular weight excluding hydrogens is 379 g/mol. The van der Waals surface area contributed by atoms with E-state index in [0.717, 1.165) is 0 Å². The van der Waals surface area contributed by atoms with Crippen LogP contribution >= 0.6 is 0 Å². The molecule has 1 saturated heterocycles. The summed E-state index contributed by atoms with van der Waals surface area (Å²) in [4.78, 5) is 37.4. The van der Waals surface area contributed by atoms with Crippen LogP contribution in [-0.2, 0) is 6.42 Å². The van der Waals surface area contributed by atoms with E-state index in [9.17, 15) is 18.8 Å². The van der Waals surface area contributed by atoms with Gasteiger partial charge in [-0.05, 0) is 37.0 Å². The van der Waals surface area contributed by atoms with E-state index in [2.05, 4.69) is 20.4 Å². The van der Waals surface area contributed by atoms with Crippen molar-refractivity contribution in [2.45, 2.75) is 19.3 Å². The smallest absolute Gasteiger partial charge is 0.337 e. The predicted molar refractivity (Wildman–Crippen MR) is 101 cm³/mol. The van der Waals surface area contributed by atoms with Crippen molar-refractivity contribution in [1.29, 1.82) is 0 Å². The summed E-state index contributed by atoms with van der Waals surface area (Å²) >= 11 is 0. The number of aromatic nitrogens is 5. The van der Waals surface area contributed by atoms with Gasteiger partial charge in [-0.25, -0.2) is 23.9 Å². The number of para-hydroxylation sites is 1. The third-order valence-corrected chi connectivity index (χ3v) is 5.11. The number of carbonyl (C=O) groups excluding carboxylic acids is 1. The molecule has 0 atom stereocenters. The second-order valence-electron chi connectivity index (χ2n) is 6.98. The lowest BCUT2D eigenvalue weighted by Gasteiger charge is -2.31. The largest absolute Gasteiger partial charge is 0.348 e. The molecule has 3 aromatic rings. The van der Waals surface area contributed by atoms with Gasteiger partial charge in [0.05, 0.1) is 5.69 Å². The normalized spacial score (nSPS) is 14.9. The number of rotatable bonds is 4. The van der Waals surface area contributed by atoms with E-state index >= 15 is 0 Å². The number of hydrogen-bond donors (Lipinski definition) is 2. The number of nitrogens with one attached hydrogen (secondary N) is 2. The Balaban J connectivity index is 1.44. The fourth-order valence-electron chi connectivity index (χ4n) is 3.57. The molecule has 29 heavy (non-hydrogen) atoms. The molecule has 1 aliphatic heterocycles. The van der Waals surface area contributed by atoms with Crippen molar-refractivity contribution in [1.82, 2.24) is 29.9 Å². The van der Waals surface area contributed by atoms with Gasteiger partial charge in [0.1, 0.15) is 17.3 Å². The maximum atomic E-state index is 14.1. The molecular formula is C19H19FN6O3. The van der Waals surface area contributed by atoms with Crippen LogP contribution in [0.3, 0.4) is 0 Å². The van der Waals surface area contributed by atoms with Gasteiger partial charge in [-0.3, -0.25) is 9.59 Å². The number of halogens is 1. The average Bonchev–Trinajstić information content (AvgIpc) is 3.09. The SMILES string of the molecule is O=C(c1ccc(=O)[nH]n1)N1CCC(Cc2n[nH]c(=O)n2-c2ccccc2F)CC1. The van der Waals surface area contributed by atoms with Gasteiger partial charge in [-0.1, -0.05) is 12.1 Å². The Labute approximate surface area is 164 Å². The van der Waals surface area contributed by atoms with Gasteiger partial charge in [-0.2, -0.15) is 10.2 Å². The molecule has 10 heteroatoms. The summed E-state index contributed by atoms with van der Waals surface area (Å²) in [6, 6.07) is 8.74. The number of likely N-dealkylation sites (tertiary alicyclic amines) is 1. The summed E-state index contributed by atoms with van der Waals surface area (Å²) in [7, 11) is 0. The summed E-state index contributed by atoms with van der Waals surface area (Å²) in [6.07, 6.45) is 1.92.